The van der Waals surface area contributed by atoms with E-state index in [1.807, 2.05) is 0 Å². The molecule has 1 aromatic carbocycles. The van der Waals surface area contributed by atoms with Crippen molar-refractivity contribution in [2.45, 2.75) is 26.3 Å². The normalized spacial score (nSPS) is 12.7. The Hall–Kier alpha value is -1.63. The molecule has 2 rings (SSSR count). The molecular weight excluding hydrogens is 328 g/mol. The summed E-state index contributed by atoms with van der Waals surface area (Å²) in [5, 5.41) is 11.6. The highest BCUT2D eigenvalue weighted by atomic mass is 79.9. The highest BCUT2D eigenvalue weighted by molar-refractivity contribution is 9.09. The SMILES string of the molecule is CCCC(CBr)Cn1c(=O)oc2ccc([N+](=O)[O-])cc21. The van der Waals surface area contributed by atoms with E-state index < -0.39 is 10.7 Å². The monoisotopic (exact) mass is 342 g/mol. The molecule has 2 aromatic rings. The number of oxazole rings is 1. The number of aromatic nitrogens is 1. The fourth-order valence-corrected chi connectivity index (χ4v) is 2.75. The molecule has 0 spiro atoms. The average molecular weight is 343 g/mol. The lowest BCUT2D eigenvalue weighted by molar-refractivity contribution is -0.384. The van der Waals surface area contributed by atoms with Crippen molar-refractivity contribution in [2.24, 2.45) is 5.92 Å². The van der Waals surface area contributed by atoms with Crippen LogP contribution in [0.2, 0.25) is 0 Å². The van der Waals surface area contributed by atoms with Gasteiger partial charge in [0, 0.05) is 24.0 Å². The van der Waals surface area contributed by atoms with Gasteiger partial charge in [-0.05, 0) is 18.4 Å². The minimum absolute atomic E-state index is 0.0436. The van der Waals surface area contributed by atoms with Crippen LogP contribution in [-0.2, 0) is 6.54 Å². The summed E-state index contributed by atoms with van der Waals surface area (Å²) in [7, 11) is 0. The molecule has 0 aliphatic carbocycles. The van der Waals surface area contributed by atoms with Gasteiger partial charge in [-0.15, -0.1) is 0 Å². The third kappa shape index (κ3) is 2.92. The first-order valence-electron chi connectivity index (χ1n) is 6.40. The lowest BCUT2D eigenvalue weighted by Gasteiger charge is -2.12. The first-order valence-corrected chi connectivity index (χ1v) is 7.52. The average Bonchev–Trinajstić information content (AvgIpc) is 2.73. The van der Waals surface area contributed by atoms with Gasteiger partial charge in [0.1, 0.15) is 0 Å². The Morgan fingerprint density at radius 3 is 2.85 bits per heavy atom. The van der Waals surface area contributed by atoms with Crippen molar-refractivity contribution in [3.8, 4) is 0 Å². The molecule has 0 aliphatic heterocycles. The summed E-state index contributed by atoms with van der Waals surface area (Å²) >= 11 is 3.43. The lowest BCUT2D eigenvalue weighted by Crippen LogP contribution is -2.20. The number of halogens is 1. The van der Waals surface area contributed by atoms with E-state index in [0.29, 0.717) is 17.6 Å². The number of non-ortho nitro benzene ring substituents is 1. The third-order valence-corrected chi connectivity index (χ3v) is 4.13. The minimum atomic E-state index is -0.477. The molecule has 0 amide bonds. The van der Waals surface area contributed by atoms with Gasteiger partial charge in [-0.1, -0.05) is 29.3 Å². The van der Waals surface area contributed by atoms with Gasteiger partial charge in [-0.2, -0.15) is 0 Å². The van der Waals surface area contributed by atoms with Gasteiger partial charge in [0.05, 0.1) is 10.4 Å². The maximum absolute atomic E-state index is 11.9. The highest BCUT2D eigenvalue weighted by Crippen LogP contribution is 2.22. The molecule has 0 saturated heterocycles. The molecule has 6 nitrogen and oxygen atoms in total. The van der Waals surface area contributed by atoms with E-state index in [1.165, 1.54) is 22.8 Å². The predicted molar refractivity (Wildman–Crippen MR) is 79.3 cm³/mol. The maximum atomic E-state index is 11.9. The first kappa shape index (κ1) is 14.8. The fraction of sp³-hybridized carbons (Fsp3) is 0.462. The van der Waals surface area contributed by atoms with Crippen LogP contribution in [0.4, 0.5) is 5.69 Å². The van der Waals surface area contributed by atoms with Crippen LogP contribution in [0.5, 0.6) is 0 Å². The molecule has 1 unspecified atom stereocenters. The quantitative estimate of drug-likeness (QED) is 0.458. The van der Waals surface area contributed by atoms with E-state index in [0.717, 1.165) is 18.2 Å². The number of nitro benzene ring substituents is 1. The number of benzene rings is 1. The van der Waals surface area contributed by atoms with E-state index in [4.69, 9.17) is 4.42 Å². The van der Waals surface area contributed by atoms with Crippen LogP contribution in [-0.4, -0.2) is 14.8 Å². The summed E-state index contributed by atoms with van der Waals surface area (Å²) in [6, 6.07) is 4.19. The second kappa shape index (κ2) is 6.21. The van der Waals surface area contributed by atoms with Crippen molar-refractivity contribution in [3.63, 3.8) is 0 Å². The van der Waals surface area contributed by atoms with Crippen LogP contribution in [0.3, 0.4) is 0 Å². The molecule has 0 fully saturated rings. The summed E-state index contributed by atoms with van der Waals surface area (Å²) in [6.45, 7) is 2.57. The summed E-state index contributed by atoms with van der Waals surface area (Å²) in [5.41, 5.74) is 0.814. The molecule has 0 bridgehead atoms. The second-order valence-corrected chi connectivity index (χ2v) is 5.34. The Labute approximate surface area is 123 Å². The topological polar surface area (TPSA) is 78.3 Å². The van der Waals surface area contributed by atoms with E-state index in [-0.39, 0.29) is 11.6 Å². The zero-order valence-corrected chi connectivity index (χ0v) is 12.6. The van der Waals surface area contributed by atoms with Gasteiger partial charge < -0.3 is 4.42 Å². The van der Waals surface area contributed by atoms with E-state index >= 15 is 0 Å². The molecule has 108 valence electrons. The minimum Gasteiger partial charge on any atom is -0.408 e. The number of nitrogens with zero attached hydrogens (tertiary/aromatic N) is 2. The highest BCUT2D eigenvalue weighted by Gasteiger charge is 2.17. The Bertz CT molecular complexity index is 677. The third-order valence-electron chi connectivity index (χ3n) is 3.22. The molecule has 1 heterocycles. The number of hydrogen-bond acceptors (Lipinski definition) is 4. The van der Waals surface area contributed by atoms with Crippen LogP contribution < -0.4 is 5.76 Å². The van der Waals surface area contributed by atoms with E-state index in [1.54, 1.807) is 0 Å². The number of hydrogen-bond donors (Lipinski definition) is 0. The van der Waals surface area contributed by atoms with Crippen LogP contribution in [0.25, 0.3) is 11.1 Å². The first-order chi connectivity index (χ1) is 9.56. The van der Waals surface area contributed by atoms with Crippen molar-refractivity contribution in [1.82, 2.24) is 4.57 Å². The molecule has 0 radical (unpaired) electrons. The fourth-order valence-electron chi connectivity index (χ4n) is 2.22. The number of alkyl halides is 1. The zero-order valence-electron chi connectivity index (χ0n) is 11.0. The molecule has 0 N–H and O–H groups in total. The van der Waals surface area contributed by atoms with Crippen molar-refractivity contribution in [3.05, 3.63) is 38.9 Å². The van der Waals surface area contributed by atoms with Gasteiger partial charge in [-0.3, -0.25) is 14.7 Å². The summed E-state index contributed by atoms with van der Waals surface area (Å²) < 4.78 is 6.60. The predicted octanol–water partition coefficient (Wildman–Crippen LogP) is 3.31. The van der Waals surface area contributed by atoms with Gasteiger partial charge in [-0.25, -0.2) is 4.79 Å². The Kier molecular flexibility index (Phi) is 4.59. The van der Waals surface area contributed by atoms with Crippen LogP contribution >= 0.6 is 15.9 Å². The Morgan fingerprint density at radius 2 is 2.25 bits per heavy atom. The number of rotatable bonds is 6. The van der Waals surface area contributed by atoms with Crippen LogP contribution in [0.1, 0.15) is 19.8 Å². The maximum Gasteiger partial charge on any atom is 0.419 e. The van der Waals surface area contributed by atoms with Gasteiger partial charge in [0.2, 0.25) is 0 Å². The standard InChI is InChI=1S/C13H15BrN2O4/c1-2-3-9(7-14)8-15-11-6-10(16(18)19)4-5-12(11)20-13(15)17/h4-6,9H,2-3,7-8H2,1H3. The van der Waals surface area contributed by atoms with Crippen LogP contribution in [0.15, 0.2) is 27.4 Å². The molecule has 1 aromatic heterocycles. The smallest absolute Gasteiger partial charge is 0.408 e. The molecule has 1 atom stereocenters. The van der Waals surface area contributed by atoms with E-state index in [2.05, 4.69) is 22.9 Å². The van der Waals surface area contributed by atoms with Crippen molar-refractivity contribution < 1.29 is 9.34 Å². The van der Waals surface area contributed by atoms with Crippen LogP contribution in [0, 0.1) is 16.0 Å². The zero-order chi connectivity index (χ0) is 14.7. The number of nitro groups is 1. The molecule has 20 heavy (non-hydrogen) atoms. The Balaban J connectivity index is 2.45. The summed E-state index contributed by atoms with van der Waals surface area (Å²) in [4.78, 5) is 22.2. The Morgan fingerprint density at radius 1 is 1.50 bits per heavy atom. The van der Waals surface area contributed by atoms with Gasteiger partial charge in [0.15, 0.2) is 5.58 Å². The molecule has 0 aliphatic rings. The van der Waals surface area contributed by atoms with Crippen molar-refractivity contribution in [1.29, 1.82) is 0 Å². The summed E-state index contributed by atoms with van der Waals surface area (Å²) in [6.07, 6.45) is 1.99. The summed E-state index contributed by atoms with van der Waals surface area (Å²) in [5.74, 6) is -0.180. The number of fused-ring (bicyclic) bond motifs is 1. The van der Waals surface area contributed by atoms with Gasteiger partial charge >= 0.3 is 5.76 Å². The van der Waals surface area contributed by atoms with Crippen molar-refractivity contribution >= 4 is 32.7 Å². The second-order valence-electron chi connectivity index (χ2n) is 4.70. The molecular formula is C13H15BrN2O4. The van der Waals surface area contributed by atoms with Gasteiger partial charge in [0.25, 0.3) is 5.69 Å². The van der Waals surface area contributed by atoms with Crippen molar-refractivity contribution in [2.75, 3.05) is 5.33 Å². The van der Waals surface area contributed by atoms with E-state index in [9.17, 15) is 14.9 Å². The lowest BCUT2D eigenvalue weighted by atomic mass is 10.1. The molecule has 7 heteroatoms. The largest absolute Gasteiger partial charge is 0.419 e. The molecule has 0 saturated carbocycles.